The van der Waals surface area contributed by atoms with Gasteiger partial charge in [-0.2, -0.15) is 0 Å². The highest BCUT2D eigenvalue weighted by Gasteiger charge is 2.24. The second-order valence-electron chi connectivity index (χ2n) is 4.05. The summed E-state index contributed by atoms with van der Waals surface area (Å²) in [5.41, 5.74) is 6.00. The van der Waals surface area contributed by atoms with Gasteiger partial charge in [-0.3, -0.25) is 0 Å². The fraction of sp³-hybridized carbons (Fsp3) is 0.545. The van der Waals surface area contributed by atoms with Crippen molar-refractivity contribution >= 4 is 27.5 Å². The molecule has 0 aromatic carbocycles. The van der Waals surface area contributed by atoms with Crippen molar-refractivity contribution in [3.05, 3.63) is 21.8 Å². The molecule has 2 N–H and O–H groups in total. The minimum Gasteiger partial charge on any atom is -0.472 e. The highest BCUT2D eigenvalue weighted by atomic mass is 79.9. The number of pyridine rings is 1. The van der Waals surface area contributed by atoms with Gasteiger partial charge < -0.3 is 10.5 Å². The van der Waals surface area contributed by atoms with Crippen LogP contribution in [0.1, 0.15) is 25.7 Å². The zero-order valence-electron chi connectivity index (χ0n) is 8.83. The predicted octanol–water partition coefficient (Wildman–Crippen LogP) is 3.15. The van der Waals surface area contributed by atoms with Crippen LogP contribution in [-0.2, 0) is 0 Å². The Morgan fingerprint density at radius 1 is 1.44 bits per heavy atom. The predicted molar refractivity (Wildman–Crippen MR) is 67.8 cm³/mol. The summed E-state index contributed by atoms with van der Waals surface area (Å²) < 4.78 is 6.61. The largest absolute Gasteiger partial charge is 0.472 e. The normalized spacial score (nSPS) is 25.4. The van der Waals surface area contributed by atoms with Gasteiger partial charge in [-0.1, -0.05) is 18.0 Å². The van der Waals surface area contributed by atoms with Crippen LogP contribution in [0.4, 0.5) is 0 Å². The maximum Gasteiger partial charge on any atom is 0.232 e. The molecule has 2 unspecified atom stereocenters. The van der Waals surface area contributed by atoms with E-state index in [2.05, 4.69) is 20.9 Å². The van der Waals surface area contributed by atoms with Crippen LogP contribution in [0.25, 0.3) is 0 Å². The van der Waals surface area contributed by atoms with Gasteiger partial charge >= 0.3 is 0 Å². The molecule has 1 aromatic rings. The molecule has 0 bridgehead atoms. The third kappa shape index (κ3) is 2.87. The van der Waals surface area contributed by atoms with Crippen LogP contribution in [0, 0.1) is 0 Å². The van der Waals surface area contributed by atoms with Gasteiger partial charge in [0.15, 0.2) is 0 Å². The number of ether oxygens (including phenoxy) is 1. The molecule has 1 aliphatic rings. The number of rotatable bonds is 2. The zero-order chi connectivity index (χ0) is 11.5. The lowest BCUT2D eigenvalue weighted by Crippen LogP contribution is -2.41. The summed E-state index contributed by atoms with van der Waals surface area (Å²) in [5, 5.41) is 0.521. The molecule has 3 nitrogen and oxygen atoms in total. The van der Waals surface area contributed by atoms with Gasteiger partial charge in [0, 0.05) is 16.7 Å². The lowest BCUT2D eigenvalue weighted by atomic mass is 9.93. The van der Waals surface area contributed by atoms with Gasteiger partial charge in [0.25, 0.3) is 0 Å². The minimum absolute atomic E-state index is 0.0416. The van der Waals surface area contributed by atoms with Crippen molar-refractivity contribution in [1.82, 2.24) is 4.98 Å². The first-order valence-corrected chi connectivity index (χ1v) is 6.57. The van der Waals surface area contributed by atoms with Crippen molar-refractivity contribution in [2.45, 2.75) is 37.8 Å². The topological polar surface area (TPSA) is 48.1 Å². The molecule has 88 valence electrons. The Balaban J connectivity index is 2.07. The van der Waals surface area contributed by atoms with E-state index in [-0.39, 0.29) is 12.1 Å². The van der Waals surface area contributed by atoms with E-state index in [0.29, 0.717) is 10.9 Å². The average Bonchev–Trinajstić information content (AvgIpc) is 2.25. The molecule has 16 heavy (non-hydrogen) atoms. The van der Waals surface area contributed by atoms with Crippen LogP contribution >= 0.6 is 27.5 Å². The van der Waals surface area contributed by atoms with E-state index in [1.54, 1.807) is 12.3 Å². The zero-order valence-corrected chi connectivity index (χ0v) is 11.2. The lowest BCUT2D eigenvalue weighted by molar-refractivity contribution is 0.127. The maximum atomic E-state index is 6.04. The summed E-state index contributed by atoms with van der Waals surface area (Å²) in [6.07, 6.45) is 6.05. The molecule has 0 amide bonds. The summed E-state index contributed by atoms with van der Waals surface area (Å²) >= 11 is 9.34. The van der Waals surface area contributed by atoms with Crippen molar-refractivity contribution in [2.24, 2.45) is 5.73 Å². The first-order chi connectivity index (χ1) is 7.66. The van der Waals surface area contributed by atoms with Gasteiger partial charge in [-0.25, -0.2) is 4.98 Å². The monoisotopic (exact) mass is 304 g/mol. The highest BCUT2D eigenvalue weighted by molar-refractivity contribution is 9.10. The summed E-state index contributed by atoms with van der Waals surface area (Å²) in [6, 6.07) is 1.87. The van der Waals surface area contributed by atoms with Crippen LogP contribution in [0.2, 0.25) is 5.02 Å². The number of hydrogen-bond donors (Lipinski definition) is 1. The Morgan fingerprint density at radius 3 is 2.88 bits per heavy atom. The van der Waals surface area contributed by atoms with E-state index in [4.69, 9.17) is 22.1 Å². The van der Waals surface area contributed by atoms with Crippen molar-refractivity contribution in [3.8, 4) is 5.88 Å². The van der Waals surface area contributed by atoms with E-state index >= 15 is 0 Å². The van der Waals surface area contributed by atoms with Gasteiger partial charge in [-0.05, 0) is 41.3 Å². The molecule has 0 aliphatic heterocycles. The smallest absolute Gasteiger partial charge is 0.232 e. The van der Waals surface area contributed by atoms with Crippen molar-refractivity contribution in [1.29, 1.82) is 0 Å². The maximum absolute atomic E-state index is 6.04. The molecule has 0 spiro atoms. The highest BCUT2D eigenvalue weighted by Crippen LogP contribution is 2.28. The molecular weight excluding hydrogens is 291 g/mol. The third-order valence-corrected chi connectivity index (χ3v) is 3.50. The first kappa shape index (κ1) is 12.1. The molecular formula is C11H14BrClN2O. The fourth-order valence-corrected chi connectivity index (χ4v) is 2.58. The molecule has 0 radical (unpaired) electrons. The van der Waals surface area contributed by atoms with Crippen molar-refractivity contribution in [2.75, 3.05) is 0 Å². The van der Waals surface area contributed by atoms with Crippen molar-refractivity contribution < 1.29 is 4.74 Å². The SMILES string of the molecule is NC1CCCCC1Oc1ncc(Br)cc1Cl. The molecule has 1 aromatic heterocycles. The standard InChI is InChI=1S/C11H14BrClN2O/c12-7-5-8(13)11(15-6-7)16-10-4-2-1-3-9(10)14/h5-6,9-10H,1-4,14H2. The molecule has 1 aliphatic carbocycles. The Kier molecular flexibility index (Phi) is 4.05. The molecule has 1 heterocycles. The van der Waals surface area contributed by atoms with Gasteiger partial charge in [0.05, 0.1) is 0 Å². The van der Waals surface area contributed by atoms with Crippen LogP contribution in [0.5, 0.6) is 5.88 Å². The molecule has 1 saturated carbocycles. The van der Waals surface area contributed by atoms with Crippen LogP contribution in [0.15, 0.2) is 16.7 Å². The van der Waals surface area contributed by atoms with Crippen molar-refractivity contribution in [3.63, 3.8) is 0 Å². The Hall–Kier alpha value is -0.320. The quantitative estimate of drug-likeness (QED) is 0.913. The van der Waals surface area contributed by atoms with E-state index in [9.17, 15) is 0 Å². The van der Waals surface area contributed by atoms with E-state index in [1.165, 1.54) is 6.42 Å². The number of nitrogens with zero attached hydrogens (tertiary/aromatic N) is 1. The van der Waals surface area contributed by atoms with Gasteiger partial charge in [0.1, 0.15) is 11.1 Å². The van der Waals surface area contributed by atoms with Gasteiger partial charge in [-0.15, -0.1) is 0 Å². The Bertz CT molecular complexity index is 375. The first-order valence-electron chi connectivity index (χ1n) is 5.40. The number of aromatic nitrogens is 1. The third-order valence-electron chi connectivity index (χ3n) is 2.79. The second-order valence-corrected chi connectivity index (χ2v) is 5.37. The van der Waals surface area contributed by atoms with Gasteiger partial charge in [0.2, 0.25) is 5.88 Å². The summed E-state index contributed by atoms with van der Waals surface area (Å²) in [7, 11) is 0. The lowest BCUT2D eigenvalue weighted by Gasteiger charge is -2.28. The summed E-state index contributed by atoms with van der Waals surface area (Å²) in [6.45, 7) is 0. The van der Waals surface area contributed by atoms with Crippen LogP contribution in [-0.4, -0.2) is 17.1 Å². The van der Waals surface area contributed by atoms with Crippen LogP contribution < -0.4 is 10.5 Å². The number of halogens is 2. The van der Waals surface area contributed by atoms with Crippen LogP contribution in [0.3, 0.4) is 0 Å². The molecule has 5 heteroatoms. The number of nitrogens with two attached hydrogens (primary N) is 1. The number of hydrogen-bond acceptors (Lipinski definition) is 3. The minimum atomic E-state index is 0.0416. The molecule has 2 rings (SSSR count). The van der Waals surface area contributed by atoms with E-state index in [0.717, 1.165) is 23.7 Å². The van der Waals surface area contributed by atoms with E-state index in [1.807, 2.05) is 0 Å². The second kappa shape index (κ2) is 5.34. The molecule has 1 fully saturated rings. The molecule has 0 saturated heterocycles. The van der Waals surface area contributed by atoms with E-state index < -0.39 is 0 Å². The summed E-state index contributed by atoms with van der Waals surface area (Å²) in [5.74, 6) is 0.479. The average molecular weight is 306 g/mol. The Morgan fingerprint density at radius 2 is 2.19 bits per heavy atom. The Labute approximate surface area is 108 Å². The summed E-state index contributed by atoms with van der Waals surface area (Å²) in [4.78, 5) is 4.15. The fourth-order valence-electron chi connectivity index (χ4n) is 1.90. The molecule has 2 atom stereocenters.